The van der Waals surface area contributed by atoms with Gasteiger partial charge in [0.1, 0.15) is 12.6 Å². The molecule has 0 saturated heterocycles. The van der Waals surface area contributed by atoms with Crippen molar-refractivity contribution in [1.82, 2.24) is 9.88 Å². The van der Waals surface area contributed by atoms with Gasteiger partial charge in [-0.3, -0.25) is 9.59 Å². The predicted molar refractivity (Wildman–Crippen MR) is 81.0 cm³/mol. The van der Waals surface area contributed by atoms with Gasteiger partial charge in [0.05, 0.1) is 0 Å². The summed E-state index contributed by atoms with van der Waals surface area (Å²) in [5, 5.41) is 8.85. The van der Waals surface area contributed by atoms with E-state index >= 15 is 0 Å². The Morgan fingerprint density at radius 3 is 2.73 bits per heavy atom. The summed E-state index contributed by atoms with van der Waals surface area (Å²) in [6.45, 7) is 1.78. The van der Waals surface area contributed by atoms with E-state index in [0.717, 1.165) is 25.7 Å². The molecule has 1 heterocycles. The second kappa shape index (κ2) is 7.77. The lowest BCUT2D eigenvalue weighted by Crippen LogP contribution is -2.35. The molecule has 6 heteroatoms. The van der Waals surface area contributed by atoms with Crippen LogP contribution in [0.3, 0.4) is 0 Å². The molecule has 1 aliphatic carbocycles. The summed E-state index contributed by atoms with van der Waals surface area (Å²) in [5.74, 6) is -0.909. The molecule has 0 bridgehead atoms. The Labute approximate surface area is 130 Å². The van der Waals surface area contributed by atoms with Gasteiger partial charge in [-0.25, -0.2) is 4.98 Å². The van der Waals surface area contributed by atoms with Gasteiger partial charge >= 0.3 is 5.97 Å². The highest BCUT2D eigenvalue weighted by atomic mass is 16.5. The summed E-state index contributed by atoms with van der Waals surface area (Å²) in [4.78, 5) is 28.6. The molecular weight excluding hydrogens is 284 g/mol. The average molecular weight is 306 g/mol. The zero-order valence-electron chi connectivity index (χ0n) is 12.8. The Balaban J connectivity index is 2.06. The third-order valence-electron chi connectivity index (χ3n) is 3.82. The van der Waals surface area contributed by atoms with Gasteiger partial charge in [0, 0.05) is 24.4 Å². The number of likely N-dealkylation sites (N-methyl/N-ethyl adjacent to an activating group) is 1. The summed E-state index contributed by atoms with van der Waals surface area (Å²) in [7, 11) is 0. The fourth-order valence-corrected chi connectivity index (χ4v) is 2.63. The number of pyridine rings is 1. The fraction of sp³-hybridized carbons (Fsp3) is 0.562. The molecule has 120 valence electrons. The second-order valence-electron chi connectivity index (χ2n) is 5.47. The van der Waals surface area contributed by atoms with Crippen molar-refractivity contribution in [3.8, 4) is 5.88 Å². The summed E-state index contributed by atoms with van der Waals surface area (Å²) in [6.07, 6.45) is 7.27. The molecule has 1 N–H and O–H groups in total. The minimum atomic E-state index is -1.03. The standard InChI is InChI=1S/C16H22N2O4/c1-2-18(11-15(19)20)16(21)12-8-9-17-14(10-12)22-13-6-4-3-5-7-13/h8-10,13H,2-7,11H2,1H3,(H,19,20). The van der Waals surface area contributed by atoms with E-state index in [-0.39, 0.29) is 18.6 Å². The van der Waals surface area contributed by atoms with E-state index in [0.29, 0.717) is 18.0 Å². The second-order valence-corrected chi connectivity index (χ2v) is 5.47. The minimum Gasteiger partial charge on any atom is -0.480 e. The molecule has 0 unspecified atom stereocenters. The monoisotopic (exact) mass is 306 g/mol. The first kappa shape index (κ1) is 16.3. The Kier molecular flexibility index (Phi) is 5.75. The van der Waals surface area contributed by atoms with Crippen LogP contribution in [0.25, 0.3) is 0 Å². The normalized spacial score (nSPS) is 15.3. The Hall–Kier alpha value is -2.11. The molecule has 0 aromatic carbocycles. The molecule has 0 radical (unpaired) electrons. The third kappa shape index (κ3) is 4.44. The smallest absolute Gasteiger partial charge is 0.323 e. The first-order valence-corrected chi connectivity index (χ1v) is 7.74. The molecule has 1 fully saturated rings. The van der Waals surface area contributed by atoms with Crippen LogP contribution in [-0.2, 0) is 4.79 Å². The summed E-state index contributed by atoms with van der Waals surface area (Å²) < 4.78 is 5.84. The van der Waals surface area contributed by atoms with Gasteiger partial charge in [-0.15, -0.1) is 0 Å². The van der Waals surface area contributed by atoms with Crippen molar-refractivity contribution in [2.45, 2.75) is 45.1 Å². The maximum Gasteiger partial charge on any atom is 0.323 e. The molecule has 1 aromatic rings. The Morgan fingerprint density at radius 1 is 1.36 bits per heavy atom. The SMILES string of the molecule is CCN(CC(=O)O)C(=O)c1ccnc(OC2CCCCC2)c1. The van der Waals surface area contributed by atoms with Gasteiger partial charge < -0.3 is 14.7 Å². The van der Waals surface area contributed by atoms with Crippen LogP contribution in [-0.4, -0.2) is 46.1 Å². The molecule has 1 saturated carbocycles. The number of carboxylic acid groups (broad SMARTS) is 1. The topological polar surface area (TPSA) is 79.7 Å². The Morgan fingerprint density at radius 2 is 2.09 bits per heavy atom. The van der Waals surface area contributed by atoms with E-state index in [1.165, 1.54) is 17.5 Å². The van der Waals surface area contributed by atoms with E-state index in [1.54, 1.807) is 19.1 Å². The number of amides is 1. The van der Waals surface area contributed by atoms with E-state index in [1.807, 2.05) is 0 Å². The van der Waals surface area contributed by atoms with E-state index < -0.39 is 5.97 Å². The van der Waals surface area contributed by atoms with Crippen molar-refractivity contribution in [3.05, 3.63) is 23.9 Å². The van der Waals surface area contributed by atoms with Crippen molar-refractivity contribution >= 4 is 11.9 Å². The van der Waals surface area contributed by atoms with E-state index in [9.17, 15) is 9.59 Å². The van der Waals surface area contributed by atoms with Crippen molar-refractivity contribution < 1.29 is 19.4 Å². The number of nitrogens with zero attached hydrogens (tertiary/aromatic N) is 2. The van der Waals surface area contributed by atoms with Crippen LogP contribution in [0.1, 0.15) is 49.4 Å². The highest BCUT2D eigenvalue weighted by molar-refractivity contribution is 5.96. The number of aliphatic carboxylic acids is 1. The number of carbonyl (C=O) groups is 2. The number of carbonyl (C=O) groups excluding carboxylic acids is 1. The summed E-state index contributed by atoms with van der Waals surface area (Å²) in [6, 6.07) is 3.18. The van der Waals surface area contributed by atoms with Crippen LogP contribution in [0.5, 0.6) is 5.88 Å². The first-order valence-electron chi connectivity index (χ1n) is 7.74. The summed E-state index contributed by atoms with van der Waals surface area (Å²) in [5.41, 5.74) is 0.406. The maximum atomic E-state index is 12.3. The lowest BCUT2D eigenvalue weighted by Gasteiger charge is -2.23. The van der Waals surface area contributed by atoms with Crippen molar-refractivity contribution in [3.63, 3.8) is 0 Å². The van der Waals surface area contributed by atoms with E-state index in [2.05, 4.69) is 4.98 Å². The van der Waals surface area contributed by atoms with Crippen molar-refractivity contribution in [1.29, 1.82) is 0 Å². The van der Waals surface area contributed by atoms with Crippen LogP contribution >= 0.6 is 0 Å². The Bertz CT molecular complexity index is 527. The van der Waals surface area contributed by atoms with Gasteiger partial charge in [0.25, 0.3) is 5.91 Å². The molecule has 0 spiro atoms. The molecule has 0 atom stereocenters. The van der Waals surface area contributed by atoms with Gasteiger partial charge in [-0.1, -0.05) is 6.42 Å². The lowest BCUT2D eigenvalue weighted by molar-refractivity contribution is -0.137. The number of ether oxygens (including phenoxy) is 1. The average Bonchev–Trinajstić information content (AvgIpc) is 2.53. The maximum absolute atomic E-state index is 12.3. The molecule has 2 rings (SSSR count). The first-order chi connectivity index (χ1) is 10.6. The van der Waals surface area contributed by atoms with E-state index in [4.69, 9.17) is 9.84 Å². The summed E-state index contributed by atoms with van der Waals surface area (Å²) >= 11 is 0. The number of aromatic nitrogens is 1. The lowest BCUT2D eigenvalue weighted by atomic mass is 9.98. The number of hydrogen-bond donors (Lipinski definition) is 1. The van der Waals surface area contributed by atoms with Crippen LogP contribution in [0.15, 0.2) is 18.3 Å². The molecule has 6 nitrogen and oxygen atoms in total. The molecule has 1 aliphatic rings. The zero-order chi connectivity index (χ0) is 15.9. The molecule has 0 aliphatic heterocycles. The van der Waals surface area contributed by atoms with Gasteiger partial charge in [0.2, 0.25) is 5.88 Å². The molecule has 1 amide bonds. The number of rotatable bonds is 6. The highest BCUT2D eigenvalue weighted by Crippen LogP contribution is 2.22. The molecule has 1 aromatic heterocycles. The van der Waals surface area contributed by atoms with Crippen molar-refractivity contribution in [2.75, 3.05) is 13.1 Å². The minimum absolute atomic E-state index is 0.160. The van der Waals surface area contributed by atoms with Crippen molar-refractivity contribution in [2.24, 2.45) is 0 Å². The van der Waals surface area contributed by atoms with Crippen LogP contribution in [0, 0.1) is 0 Å². The molecular formula is C16H22N2O4. The van der Waals surface area contributed by atoms with Crippen LogP contribution in [0.4, 0.5) is 0 Å². The largest absolute Gasteiger partial charge is 0.480 e. The highest BCUT2D eigenvalue weighted by Gasteiger charge is 2.19. The quantitative estimate of drug-likeness (QED) is 0.872. The fourth-order valence-electron chi connectivity index (χ4n) is 2.63. The number of carboxylic acids is 1. The van der Waals surface area contributed by atoms with Gasteiger partial charge in [-0.2, -0.15) is 0 Å². The zero-order valence-corrected chi connectivity index (χ0v) is 12.8. The van der Waals surface area contributed by atoms with Crippen LogP contribution in [0.2, 0.25) is 0 Å². The molecule has 22 heavy (non-hydrogen) atoms. The predicted octanol–water partition coefficient (Wildman–Crippen LogP) is 2.34. The van der Waals surface area contributed by atoms with Gasteiger partial charge in [-0.05, 0) is 38.7 Å². The van der Waals surface area contributed by atoms with Crippen LogP contribution < -0.4 is 4.74 Å². The third-order valence-corrected chi connectivity index (χ3v) is 3.82. The van der Waals surface area contributed by atoms with Gasteiger partial charge in [0.15, 0.2) is 0 Å². The number of hydrogen-bond acceptors (Lipinski definition) is 4.